The highest BCUT2D eigenvalue weighted by molar-refractivity contribution is 6.18. The molecule has 0 radical (unpaired) electrons. The predicted molar refractivity (Wildman–Crippen MR) is 240 cm³/mol. The summed E-state index contributed by atoms with van der Waals surface area (Å²) in [6, 6.07) is 49.5. The van der Waals surface area contributed by atoms with Crippen molar-refractivity contribution in [3.05, 3.63) is 168 Å². The van der Waals surface area contributed by atoms with Crippen molar-refractivity contribution >= 4 is 76.6 Å². The number of H-pyrrole nitrogens is 1. The Hall–Kier alpha value is -7.44. The maximum Gasteiger partial charge on any atom is 0.147 e. The molecule has 58 heavy (non-hydrogen) atoms. The molecule has 0 fully saturated rings. The number of aromatic nitrogens is 5. The van der Waals surface area contributed by atoms with Crippen LogP contribution >= 0.6 is 0 Å². The molecule has 6 nitrogen and oxygen atoms in total. The Labute approximate surface area is 333 Å². The van der Waals surface area contributed by atoms with E-state index in [2.05, 4.69) is 157 Å². The van der Waals surface area contributed by atoms with E-state index in [-0.39, 0.29) is 0 Å². The first kappa shape index (κ1) is 32.8. The van der Waals surface area contributed by atoms with Gasteiger partial charge in [-0.25, -0.2) is 9.97 Å². The molecule has 12 rings (SSSR count). The summed E-state index contributed by atoms with van der Waals surface area (Å²) in [5.41, 5.74) is 17.6. The highest BCUT2D eigenvalue weighted by Crippen LogP contribution is 2.43. The highest BCUT2D eigenvalue weighted by Gasteiger charge is 2.23. The van der Waals surface area contributed by atoms with Crippen molar-refractivity contribution < 1.29 is 4.42 Å². The number of hydrogen-bond acceptors (Lipinski definition) is 3. The Kier molecular flexibility index (Phi) is 6.80. The Morgan fingerprint density at radius 3 is 2.22 bits per heavy atom. The third-order valence-electron chi connectivity index (χ3n) is 12.5. The van der Waals surface area contributed by atoms with Gasteiger partial charge in [0.25, 0.3) is 0 Å². The number of furan rings is 1. The molecule has 5 aromatic heterocycles. The summed E-state index contributed by atoms with van der Waals surface area (Å²) in [6.45, 7) is 8.89. The van der Waals surface area contributed by atoms with E-state index >= 15 is 0 Å². The minimum absolute atomic E-state index is 0.853. The second-order valence-electron chi connectivity index (χ2n) is 15.7. The molecule has 0 amide bonds. The summed E-state index contributed by atoms with van der Waals surface area (Å²) in [5.74, 6) is 1.75. The van der Waals surface area contributed by atoms with Gasteiger partial charge < -0.3 is 9.40 Å². The summed E-state index contributed by atoms with van der Waals surface area (Å²) >= 11 is 0. The van der Waals surface area contributed by atoms with Gasteiger partial charge >= 0.3 is 0 Å². The van der Waals surface area contributed by atoms with Crippen LogP contribution in [0.25, 0.3) is 111 Å². The summed E-state index contributed by atoms with van der Waals surface area (Å²) in [5, 5.41) is 7.08. The van der Waals surface area contributed by atoms with E-state index in [1.165, 1.54) is 33.0 Å². The highest BCUT2D eigenvalue weighted by atomic mass is 16.3. The molecule has 0 saturated carbocycles. The lowest BCUT2D eigenvalue weighted by molar-refractivity contribution is 0.669. The maximum atomic E-state index is 6.40. The molecule has 0 saturated heterocycles. The molecule has 0 aliphatic heterocycles. The standard InChI is InChI=1S/C52H37N5O/c1-29-20-22-38(51-48(29)49-32(4)31(3)30(2)25-41(49)54-51)52-55-50-35(16-12-17-42(50)56(52)34-13-6-5-7-14-34)33-21-23-36-39-27-40-37-15-8-9-18-45(37)58-46(40)28-44(39)57(43(36)26-33)47-19-10-11-24-53-47/h5-28,54H,1-4H3. The lowest BCUT2D eigenvalue weighted by Crippen LogP contribution is -1.98. The quantitative estimate of drug-likeness (QED) is 0.195. The van der Waals surface area contributed by atoms with Crippen molar-refractivity contribution in [2.45, 2.75) is 27.7 Å². The Morgan fingerprint density at radius 1 is 0.534 bits per heavy atom. The average molecular weight is 748 g/mol. The van der Waals surface area contributed by atoms with E-state index in [1.807, 2.05) is 30.5 Å². The number of nitrogens with zero attached hydrogens (tertiary/aromatic N) is 4. The molecule has 12 aromatic rings. The first-order valence-corrected chi connectivity index (χ1v) is 19.8. The van der Waals surface area contributed by atoms with Crippen molar-refractivity contribution in [1.29, 1.82) is 0 Å². The Bertz CT molecular complexity index is 3660. The number of nitrogens with one attached hydrogen (secondary N) is 1. The number of benzene rings is 7. The Balaban J connectivity index is 1.13. The number of pyridine rings is 1. The fourth-order valence-electron chi connectivity index (χ4n) is 9.47. The molecule has 0 unspecified atom stereocenters. The number of fused-ring (bicyclic) bond motifs is 10. The lowest BCUT2D eigenvalue weighted by atomic mass is 9.96. The SMILES string of the molecule is Cc1cc2[nH]c3c(-c4nc5c(-c6ccc7c8cc9c(cc8n(-c8ccccn8)c7c6)oc6ccccc69)cccc5n4-c4ccccc4)ccc(C)c3c2c(C)c1C. The molecule has 0 aliphatic carbocycles. The third kappa shape index (κ3) is 4.54. The first-order valence-electron chi connectivity index (χ1n) is 19.8. The zero-order valence-corrected chi connectivity index (χ0v) is 32.6. The molecule has 5 heterocycles. The summed E-state index contributed by atoms with van der Waals surface area (Å²) < 4.78 is 11.0. The molecule has 276 valence electrons. The maximum absolute atomic E-state index is 6.40. The van der Waals surface area contributed by atoms with Crippen LogP contribution in [0.1, 0.15) is 22.3 Å². The van der Waals surface area contributed by atoms with Crippen LogP contribution in [0.5, 0.6) is 0 Å². The van der Waals surface area contributed by atoms with Gasteiger partial charge in [0.15, 0.2) is 0 Å². The van der Waals surface area contributed by atoms with Gasteiger partial charge in [0.05, 0.1) is 27.6 Å². The number of aryl methyl sites for hydroxylation is 3. The van der Waals surface area contributed by atoms with Crippen LogP contribution in [0.3, 0.4) is 0 Å². The fourth-order valence-corrected chi connectivity index (χ4v) is 9.47. The van der Waals surface area contributed by atoms with E-state index in [0.717, 1.165) is 99.8 Å². The summed E-state index contributed by atoms with van der Waals surface area (Å²) in [6.07, 6.45) is 1.86. The van der Waals surface area contributed by atoms with E-state index in [0.29, 0.717) is 0 Å². The van der Waals surface area contributed by atoms with Gasteiger partial charge in [-0.05, 0) is 116 Å². The molecule has 0 aliphatic rings. The zero-order chi connectivity index (χ0) is 38.8. The van der Waals surface area contributed by atoms with Gasteiger partial charge in [-0.15, -0.1) is 0 Å². The second-order valence-corrected chi connectivity index (χ2v) is 15.7. The zero-order valence-electron chi connectivity index (χ0n) is 32.6. The number of rotatable bonds is 4. The van der Waals surface area contributed by atoms with E-state index < -0.39 is 0 Å². The predicted octanol–water partition coefficient (Wildman–Crippen LogP) is 13.6. The van der Waals surface area contributed by atoms with Crippen LogP contribution in [-0.4, -0.2) is 24.1 Å². The van der Waals surface area contributed by atoms with Crippen LogP contribution in [0.15, 0.2) is 150 Å². The van der Waals surface area contributed by atoms with Gasteiger partial charge in [-0.1, -0.05) is 72.8 Å². The van der Waals surface area contributed by atoms with Crippen molar-refractivity contribution in [2.24, 2.45) is 0 Å². The van der Waals surface area contributed by atoms with Crippen molar-refractivity contribution in [3.63, 3.8) is 0 Å². The minimum Gasteiger partial charge on any atom is -0.456 e. The van der Waals surface area contributed by atoms with E-state index in [1.54, 1.807) is 0 Å². The average Bonchev–Trinajstić information content (AvgIpc) is 4.02. The topological polar surface area (TPSA) is 64.6 Å². The molecule has 0 spiro atoms. The molecular formula is C52H37N5O. The summed E-state index contributed by atoms with van der Waals surface area (Å²) in [4.78, 5) is 14.3. The summed E-state index contributed by atoms with van der Waals surface area (Å²) in [7, 11) is 0. The first-order chi connectivity index (χ1) is 28.4. The lowest BCUT2D eigenvalue weighted by Gasteiger charge is -2.12. The molecule has 6 heteroatoms. The Morgan fingerprint density at radius 2 is 1.36 bits per heavy atom. The van der Waals surface area contributed by atoms with Crippen LogP contribution in [0.2, 0.25) is 0 Å². The number of hydrogen-bond donors (Lipinski definition) is 1. The fraction of sp³-hybridized carbons (Fsp3) is 0.0769. The molecule has 0 bridgehead atoms. The van der Waals surface area contributed by atoms with Crippen molar-refractivity contribution in [2.75, 3.05) is 0 Å². The van der Waals surface area contributed by atoms with Gasteiger partial charge in [-0.2, -0.15) is 0 Å². The number of aromatic amines is 1. The molecule has 7 aromatic carbocycles. The third-order valence-corrected chi connectivity index (χ3v) is 12.5. The van der Waals surface area contributed by atoms with Gasteiger partial charge in [0, 0.05) is 66.9 Å². The van der Waals surface area contributed by atoms with Crippen LogP contribution < -0.4 is 0 Å². The molecular weight excluding hydrogens is 711 g/mol. The van der Waals surface area contributed by atoms with Crippen LogP contribution in [0, 0.1) is 27.7 Å². The van der Waals surface area contributed by atoms with E-state index in [9.17, 15) is 0 Å². The number of para-hydroxylation sites is 3. The van der Waals surface area contributed by atoms with E-state index in [4.69, 9.17) is 14.4 Å². The van der Waals surface area contributed by atoms with Crippen LogP contribution in [0.4, 0.5) is 0 Å². The van der Waals surface area contributed by atoms with Gasteiger partial charge in [0.2, 0.25) is 0 Å². The van der Waals surface area contributed by atoms with Gasteiger partial charge in [0.1, 0.15) is 22.8 Å². The monoisotopic (exact) mass is 747 g/mol. The normalized spacial score (nSPS) is 12.1. The van der Waals surface area contributed by atoms with Crippen LogP contribution in [-0.2, 0) is 0 Å². The molecule has 1 N–H and O–H groups in total. The largest absolute Gasteiger partial charge is 0.456 e. The minimum atomic E-state index is 0.853. The second kappa shape index (κ2) is 12.0. The van der Waals surface area contributed by atoms with Gasteiger partial charge in [-0.3, -0.25) is 9.13 Å². The number of imidazole rings is 1. The smallest absolute Gasteiger partial charge is 0.147 e. The van der Waals surface area contributed by atoms with Crippen molar-refractivity contribution in [3.8, 4) is 34.0 Å². The molecule has 0 atom stereocenters. The van der Waals surface area contributed by atoms with Crippen molar-refractivity contribution in [1.82, 2.24) is 24.1 Å².